The van der Waals surface area contributed by atoms with E-state index in [1.165, 1.54) is 0 Å². The molecule has 3 heterocycles. The van der Waals surface area contributed by atoms with Crippen LogP contribution in [0.5, 0.6) is 0 Å². The molecule has 0 radical (unpaired) electrons. The summed E-state index contributed by atoms with van der Waals surface area (Å²) < 4.78 is 0. The van der Waals surface area contributed by atoms with E-state index in [0.29, 0.717) is 13.1 Å². The number of rotatable bonds is 2. The average molecular weight is 291 g/mol. The Kier molecular flexibility index (Phi) is 4.21. The Balaban J connectivity index is 1.92. The zero-order chi connectivity index (χ0) is 15.4. The van der Waals surface area contributed by atoms with E-state index in [2.05, 4.69) is 14.9 Å². The molecule has 0 atom stereocenters. The summed E-state index contributed by atoms with van der Waals surface area (Å²) in [7, 11) is 2.00. The molecular formula is C18H17N3O. The molecule has 0 N–H and O–H groups in total. The van der Waals surface area contributed by atoms with Crippen molar-refractivity contribution >= 4 is 17.9 Å². The second kappa shape index (κ2) is 6.45. The molecule has 0 saturated carbocycles. The second-order valence-electron chi connectivity index (χ2n) is 5.35. The molecule has 4 nitrogen and oxygen atoms in total. The maximum Gasteiger partial charge on any atom is 0.187 e. The number of Topliss-reactive ketones (excluding diaryl/α,β-unsaturated/α-hetero) is 1. The zero-order valence-corrected chi connectivity index (χ0v) is 12.4. The Bertz CT molecular complexity index is 659. The lowest BCUT2D eigenvalue weighted by Crippen LogP contribution is -2.34. The van der Waals surface area contributed by atoms with Gasteiger partial charge >= 0.3 is 0 Å². The molecule has 0 bridgehead atoms. The number of likely N-dealkylation sites (N-methyl/N-ethyl adjacent to an activating group) is 1. The number of hydrogen-bond acceptors (Lipinski definition) is 4. The lowest BCUT2D eigenvalue weighted by atomic mass is 9.96. The van der Waals surface area contributed by atoms with Gasteiger partial charge in [-0.25, -0.2) is 0 Å². The Morgan fingerprint density at radius 3 is 1.82 bits per heavy atom. The Labute approximate surface area is 129 Å². The summed E-state index contributed by atoms with van der Waals surface area (Å²) in [6.07, 6.45) is 7.19. The number of nitrogens with zero attached hydrogens (tertiary/aromatic N) is 3. The number of hydrogen-bond donors (Lipinski definition) is 0. The van der Waals surface area contributed by atoms with Crippen LogP contribution in [0.4, 0.5) is 0 Å². The molecule has 0 aliphatic carbocycles. The average Bonchev–Trinajstić information content (AvgIpc) is 2.54. The molecule has 2 aromatic heterocycles. The Morgan fingerprint density at radius 2 is 1.41 bits per heavy atom. The standard InChI is InChI=1S/C18H17N3O/c1-21-12-14(10-16-6-2-4-8-19-16)18(22)15(13-21)11-17-7-3-5-9-20-17/h2-11H,12-13H2,1H3/b14-10-,15-11+. The number of ketones is 1. The highest BCUT2D eigenvalue weighted by atomic mass is 16.1. The molecule has 0 aromatic carbocycles. The van der Waals surface area contributed by atoms with Gasteiger partial charge in [-0.05, 0) is 43.5 Å². The molecule has 1 aliphatic rings. The van der Waals surface area contributed by atoms with Crippen LogP contribution in [0.25, 0.3) is 12.2 Å². The first-order valence-electron chi connectivity index (χ1n) is 7.19. The summed E-state index contributed by atoms with van der Waals surface area (Å²) in [5.41, 5.74) is 3.13. The maximum atomic E-state index is 12.7. The van der Waals surface area contributed by atoms with E-state index in [1.807, 2.05) is 55.6 Å². The lowest BCUT2D eigenvalue weighted by molar-refractivity contribution is -0.113. The van der Waals surface area contributed by atoms with Gasteiger partial charge in [0, 0.05) is 36.6 Å². The summed E-state index contributed by atoms with van der Waals surface area (Å²) in [5, 5.41) is 0. The normalized spacial score (nSPS) is 19.8. The van der Waals surface area contributed by atoms with Gasteiger partial charge < -0.3 is 0 Å². The molecule has 1 saturated heterocycles. The topological polar surface area (TPSA) is 46.1 Å². The number of pyridine rings is 2. The number of aromatic nitrogens is 2. The molecule has 110 valence electrons. The first kappa shape index (κ1) is 14.4. The van der Waals surface area contributed by atoms with Crippen molar-refractivity contribution < 1.29 is 4.79 Å². The van der Waals surface area contributed by atoms with Crippen LogP contribution >= 0.6 is 0 Å². The highest BCUT2D eigenvalue weighted by molar-refractivity contribution is 6.14. The SMILES string of the molecule is CN1C/C(=C/c2ccccn2)C(=O)/C(=C/c2ccccn2)C1. The first-order chi connectivity index (χ1) is 10.7. The first-order valence-corrected chi connectivity index (χ1v) is 7.19. The van der Waals surface area contributed by atoms with E-state index in [9.17, 15) is 4.79 Å². The fourth-order valence-corrected chi connectivity index (χ4v) is 2.49. The number of likely N-dealkylation sites (tertiary alicyclic amines) is 1. The van der Waals surface area contributed by atoms with Crippen LogP contribution in [0.1, 0.15) is 11.4 Å². The van der Waals surface area contributed by atoms with Gasteiger partial charge in [-0.2, -0.15) is 0 Å². The van der Waals surface area contributed by atoms with E-state index in [1.54, 1.807) is 12.4 Å². The fraction of sp³-hybridized carbons (Fsp3) is 0.167. The summed E-state index contributed by atoms with van der Waals surface area (Å²) >= 11 is 0. The molecule has 3 rings (SSSR count). The van der Waals surface area contributed by atoms with Crippen molar-refractivity contribution in [3.63, 3.8) is 0 Å². The number of piperidine rings is 1. The Morgan fingerprint density at radius 1 is 0.909 bits per heavy atom. The smallest absolute Gasteiger partial charge is 0.187 e. The summed E-state index contributed by atoms with van der Waals surface area (Å²) in [5.74, 6) is 0.0782. The van der Waals surface area contributed by atoms with Crippen molar-refractivity contribution in [1.29, 1.82) is 0 Å². The number of carbonyl (C=O) groups is 1. The predicted octanol–water partition coefficient (Wildman–Crippen LogP) is 2.46. The van der Waals surface area contributed by atoms with Gasteiger partial charge in [0.1, 0.15) is 0 Å². The lowest BCUT2D eigenvalue weighted by Gasteiger charge is -2.25. The molecule has 0 spiro atoms. The van der Waals surface area contributed by atoms with Crippen LogP contribution in [-0.4, -0.2) is 40.8 Å². The van der Waals surface area contributed by atoms with Crippen LogP contribution in [0, 0.1) is 0 Å². The molecule has 0 amide bonds. The van der Waals surface area contributed by atoms with E-state index in [4.69, 9.17) is 0 Å². The van der Waals surface area contributed by atoms with Crippen LogP contribution in [0.2, 0.25) is 0 Å². The van der Waals surface area contributed by atoms with Gasteiger partial charge in [-0.15, -0.1) is 0 Å². The second-order valence-corrected chi connectivity index (χ2v) is 5.35. The molecule has 1 fully saturated rings. The highest BCUT2D eigenvalue weighted by Gasteiger charge is 2.24. The molecule has 22 heavy (non-hydrogen) atoms. The van der Waals surface area contributed by atoms with Crippen LogP contribution in [0.15, 0.2) is 59.9 Å². The summed E-state index contributed by atoms with van der Waals surface area (Å²) in [6, 6.07) is 11.4. The minimum absolute atomic E-state index is 0.0782. The minimum Gasteiger partial charge on any atom is -0.298 e. The molecule has 0 unspecified atom stereocenters. The number of carbonyl (C=O) groups excluding carboxylic acids is 1. The molecule has 1 aliphatic heterocycles. The monoisotopic (exact) mass is 291 g/mol. The van der Waals surface area contributed by atoms with E-state index in [0.717, 1.165) is 22.5 Å². The third kappa shape index (κ3) is 3.35. The third-order valence-corrected chi connectivity index (χ3v) is 3.48. The Hall–Kier alpha value is -2.59. The van der Waals surface area contributed by atoms with Crippen molar-refractivity contribution in [2.24, 2.45) is 0 Å². The van der Waals surface area contributed by atoms with E-state index >= 15 is 0 Å². The van der Waals surface area contributed by atoms with Crippen molar-refractivity contribution in [2.45, 2.75) is 0 Å². The van der Waals surface area contributed by atoms with E-state index in [-0.39, 0.29) is 5.78 Å². The summed E-state index contributed by atoms with van der Waals surface area (Å²) in [4.78, 5) is 23.3. The van der Waals surface area contributed by atoms with Gasteiger partial charge in [0.15, 0.2) is 5.78 Å². The van der Waals surface area contributed by atoms with Gasteiger partial charge in [0.2, 0.25) is 0 Å². The molecular weight excluding hydrogens is 274 g/mol. The predicted molar refractivity (Wildman–Crippen MR) is 86.9 cm³/mol. The molecule has 2 aromatic rings. The van der Waals surface area contributed by atoms with Gasteiger partial charge in [0.05, 0.1) is 11.4 Å². The highest BCUT2D eigenvalue weighted by Crippen LogP contribution is 2.20. The van der Waals surface area contributed by atoms with Crippen LogP contribution in [0.3, 0.4) is 0 Å². The maximum absolute atomic E-state index is 12.7. The van der Waals surface area contributed by atoms with Crippen LogP contribution < -0.4 is 0 Å². The van der Waals surface area contributed by atoms with Gasteiger partial charge in [-0.1, -0.05) is 12.1 Å². The quantitative estimate of drug-likeness (QED) is 0.797. The van der Waals surface area contributed by atoms with Gasteiger partial charge in [0.25, 0.3) is 0 Å². The summed E-state index contributed by atoms with van der Waals surface area (Å²) in [6.45, 7) is 1.27. The van der Waals surface area contributed by atoms with E-state index < -0.39 is 0 Å². The van der Waals surface area contributed by atoms with Crippen molar-refractivity contribution in [3.8, 4) is 0 Å². The van der Waals surface area contributed by atoms with Crippen molar-refractivity contribution in [2.75, 3.05) is 20.1 Å². The van der Waals surface area contributed by atoms with Gasteiger partial charge in [-0.3, -0.25) is 19.7 Å². The fourth-order valence-electron chi connectivity index (χ4n) is 2.49. The van der Waals surface area contributed by atoms with Crippen molar-refractivity contribution in [1.82, 2.24) is 14.9 Å². The zero-order valence-electron chi connectivity index (χ0n) is 12.4. The molecule has 4 heteroatoms. The van der Waals surface area contributed by atoms with Crippen LogP contribution in [-0.2, 0) is 4.79 Å². The minimum atomic E-state index is 0.0782. The largest absolute Gasteiger partial charge is 0.298 e. The van der Waals surface area contributed by atoms with Crippen molar-refractivity contribution in [3.05, 3.63) is 71.3 Å². The third-order valence-electron chi connectivity index (χ3n) is 3.48.